The Bertz CT molecular complexity index is 1150. The fourth-order valence-corrected chi connectivity index (χ4v) is 4.53. The first-order valence-corrected chi connectivity index (χ1v) is 11.3. The van der Waals surface area contributed by atoms with Gasteiger partial charge in [-0.25, -0.2) is 0 Å². The molecule has 2 aliphatic heterocycles. The summed E-state index contributed by atoms with van der Waals surface area (Å²) in [5, 5.41) is 0. The zero-order valence-electron chi connectivity index (χ0n) is 18.8. The first-order valence-electron chi connectivity index (χ1n) is 11.3. The zero-order valence-corrected chi connectivity index (χ0v) is 18.8. The smallest absolute Gasteiger partial charge is 0.302 e. The summed E-state index contributed by atoms with van der Waals surface area (Å²) in [6.45, 7) is 5.07. The molecule has 3 heterocycles. The lowest BCUT2D eigenvalue weighted by Gasteiger charge is -2.34. The molecule has 0 bridgehead atoms. The van der Waals surface area contributed by atoms with E-state index in [0.29, 0.717) is 31.8 Å². The number of aromatic nitrogens is 2. The predicted octanol–water partition coefficient (Wildman–Crippen LogP) is 3.79. The molecule has 0 amide bonds. The Morgan fingerprint density at radius 3 is 2.36 bits per heavy atom. The number of hydrogen-bond donors (Lipinski definition) is 0. The number of aryl methyl sites for hydroxylation is 1. The number of benzene rings is 2. The Labute approximate surface area is 192 Å². The van der Waals surface area contributed by atoms with Crippen LogP contribution in [0, 0.1) is 6.92 Å². The van der Waals surface area contributed by atoms with Gasteiger partial charge in [-0.2, -0.15) is 4.98 Å². The van der Waals surface area contributed by atoms with E-state index in [4.69, 9.17) is 18.9 Å². The number of ether oxygens (including phenoxy) is 4. The van der Waals surface area contributed by atoms with Gasteiger partial charge in [-0.1, -0.05) is 67.6 Å². The van der Waals surface area contributed by atoms with Crippen LogP contribution in [0.3, 0.4) is 0 Å². The summed E-state index contributed by atoms with van der Waals surface area (Å²) in [6, 6.07) is 20.3. The molecule has 172 valence electrons. The van der Waals surface area contributed by atoms with E-state index in [9.17, 15) is 4.79 Å². The molecule has 0 N–H and O–H groups in total. The summed E-state index contributed by atoms with van der Waals surface area (Å²) >= 11 is 0. The molecule has 7 nitrogen and oxygen atoms in total. The molecule has 0 spiro atoms. The van der Waals surface area contributed by atoms with E-state index in [1.54, 1.807) is 17.7 Å². The van der Waals surface area contributed by atoms with Crippen LogP contribution in [0.2, 0.25) is 0 Å². The summed E-state index contributed by atoms with van der Waals surface area (Å²) in [6.07, 6.45) is 1.16. The second-order valence-electron chi connectivity index (χ2n) is 8.62. The largest absolute Gasteiger partial charge is 0.453 e. The topological polar surface area (TPSA) is 71.8 Å². The van der Waals surface area contributed by atoms with Gasteiger partial charge in [0.25, 0.3) is 5.56 Å². The van der Waals surface area contributed by atoms with E-state index in [0.717, 1.165) is 11.1 Å². The average Bonchev–Trinajstić information content (AvgIpc) is 3.32. The van der Waals surface area contributed by atoms with E-state index >= 15 is 0 Å². The van der Waals surface area contributed by atoms with Gasteiger partial charge < -0.3 is 18.9 Å². The third-order valence-electron chi connectivity index (χ3n) is 6.39. The quantitative estimate of drug-likeness (QED) is 0.522. The number of nitrogens with zero attached hydrogens (tertiary/aromatic N) is 2. The molecule has 0 saturated carbocycles. The van der Waals surface area contributed by atoms with Crippen molar-refractivity contribution in [2.75, 3.05) is 6.61 Å². The van der Waals surface area contributed by atoms with Crippen LogP contribution in [-0.2, 0) is 27.4 Å². The zero-order chi connectivity index (χ0) is 22.8. The molecule has 2 aromatic carbocycles. The number of fused-ring (bicyclic) bond motifs is 3. The van der Waals surface area contributed by atoms with Crippen LogP contribution in [0.1, 0.15) is 36.3 Å². The van der Waals surface area contributed by atoms with Crippen molar-refractivity contribution in [3.05, 3.63) is 93.9 Å². The van der Waals surface area contributed by atoms with E-state index in [1.807, 2.05) is 60.7 Å². The molecule has 0 radical (unpaired) electrons. The third-order valence-corrected chi connectivity index (χ3v) is 6.39. The third kappa shape index (κ3) is 4.19. The molecule has 5 rings (SSSR count). The van der Waals surface area contributed by atoms with Gasteiger partial charge in [0.05, 0.1) is 19.8 Å². The van der Waals surface area contributed by atoms with Crippen LogP contribution >= 0.6 is 0 Å². The van der Waals surface area contributed by atoms with Crippen LogP contribution in [0.5, 0.6) is 6.01 Å². The molecular weight excluding hydrogens is 420 g/mol. The maximum absolute atomic E-state index is 12.1. The molecule has 33 heavy (non-hydrogen) atoms. The normalized spacial score (nSPS) is 25.5. The molecule has 4 atom stereocenters. The van der Waals surface area contributed by atoms with Crippen molar-refractivity contribution in [3.8, 4) is 6.01 Å². The van der Waals surface area contributed by atoms with Crippen LogP contribution in [0.15, 0.2) is 71.7 Å². The first-order chi connectivity index (χ1) is 16.1. The van der Waals surface area contributed by atoms with Crippen molar-refractivity contribution in [2.45, 2.75) is 57.5 Å². The summed E-state index contributed by atoms with van der Waals surface area (Å²) < 4.78 is 27.2. The van der Waals surface area contributed by atoms with Crippen molar-refractivity contribution in [2.24, 2.45) is 0 Å². The molecule has 1 fully saturated rings. The van der Waals surface area contributed by atoms with Crippen LogP contribution in [0.4, 0.5) is 0 Å². The fourth-order valence-electron chi connectivity index (χ4n) is 4.53. The minimum absolute atomic E-state index is 0.267. The SMILES string of the molecule is CC[C@]1(COCc2ccccc2)O[C@@H]2[C@@H](Oc3nc(=O)c(C)cn32)[C@@H]1OCc1ccccc1. The van der Waals surface area contributed by atoms with Gasteiger partial charge in [0.1, 0.15) is 11.7 Å². The van der Waals surface area contributed by atoms with E-state index in [1.165, 1.54) is 0 Å². The minimum atomic E-state index is -0.701. The fraction of sp³-hybridized carbons (Fsp3) is 0.385. The molecule has 0 unspecified atom stereocenters. The highest BCUT2D eigenvalue weighted by Crippen LogP contribution is 2.47. The van der Waals surface area contributed by atoms with Gasteiger partial charge in [-0.05, 0) is 24.5 Å². The second kappa shape index (κ2) is 9.09. The molecule has 0 aliphatic carbocycles. The monoisotopic (exact) mass is 448 g/mol. The Hall–Kier alpha value is -3.00. The minimum Gasteiger partial charge on any atom is -0.453 e. The van der Waals surface area contributed by atoms with E-state index < -0.39 is 24.0 Å². The Morgan fingerprint density at radius 1 is 1.03 bits per heavy atom. The van der Waals surface area contributed by atoms with E-state index in [-0.39, 0.29) is 11.6 Å². The van der Waals surface area contributed by atoms with Gasteiger partial charge >= 0.3 is 6.01 Å². The standard InChI is InChI=1S/C26H28N2O5/c1-3-26(17-30-15-19-10-6-4-7-11-19)22(31-16-20-12-8-5-9-13-20)21-24(33-26)28-14-18(2)23(29)27-25(28)32-21/h4-14,21-22,24H,3,15-17H2,1-2H3/t21-,22-,24+,26+/m0/s1. The Balaban J connectivity index is 1.41. The summed E-state index contributed by atoms with van der Waals surface area (Å²) in [7, 11) is 0. The van der Waals surface area contributed by atoms with Gasteiger partial charge in [0.15, 0.2) is 12.3 Å². The second-order valence-corrected chi connectivity index (χ2v) is 8.62. The molecule has 2 aliphatic rings. The molecule has 3 aromatic rings. The highest BCUT2D eigenvalue weighted by molar-refractivity contribution is 5.19. The average molecular weight is 449 g/mol. The van der Waals surface area contributed by atoms with Gasteiger partial charge in [-0.3, -0.25) is 9.36 Å². The molecule has 1 aromatic heterocycles. The lowest BCUT2D eigenvalue weighted by molar-refractivity contribution is -0.160. The van der Waals surface area contributed by atoms with Crippen LogP contribution in [0.25, 0.3) is 0 Å². The molecule has 1 saturated heterocycles. The maximum Gasteiger partial charge on any atom is 0.302 e. The van der Waals surface area contributed by atoms with E-state index in [2.05, 4.69) is 11.9 Å². The summed E-state index contributed by atoms with van der Waals surface area (Å²) in [4.78, 5) is 16.1. The predicted molar refractivity (Wildman–Crippen MR) is 122 cm³/mol. The lowest BCUT2D eigenvalue weighted by atomic mass is 9.92. The Kier molecular flexibility index (Phi) is 6.01. The van der Waals surface area contributed by atoms with Gasteiger partial charge in [-0.15, -0.1) is 0 Å². The van der Waals surface area contributed by atoms with Crippen molar-refractivity contribution in [1.29, 1.82) is 0 Å². The molecular formula is C26H28N2O5. The highest BCUT2D eigenvalue weighted by Gasteiger charge is 2.60. The van der Waals surface area contributed by atoms with Crippen LogP contribution in [-0.4, -0.2) is 34.0 Å². The van der Waals surface area contributed by atoms with Crippen molar-refractivity contribution in [3.63, 3.8) is 0 Å². The van der Waals surface area contributed by atoms with Crippen molar-refractivity contribution in [1.82, 2.24) is 9.55 Å². The van der Waals surface area contributed by atoms with Crippen molar-refractivity contribution >= 4 is 0 Å². The van der Waals surface area contributed by atoms with Gasteiger partial charge in [0.2, 0.25) is 0 Å². The maximum atomic E-state index is 12.1. The Morgan fingerprint density at radius 2 is 1.70 bits per heavy atom. The number of rotatable bonds is 8. The number of hydrogen-bond acceptors (Lipinski definition) is 6. The van der Waals surface area contributed by atoms with Gasteiger partial charge in [0, 0.05) is 11.8 Å². The molecule has 7 heteroatoms. The highest BCUT2D eigenvalue weighted by atomic mass is 16.7. The van der Waals surface area contributed by atoms with Crippen LogP contribution < -0.4 is 10.3 Å². The summed E-state index contributed by atoms with van der Waals surface area (Å²) in [5.41, 5.74) is 1.71. The first kappa shape index (κ1) is 21.8. The van der Waals surface area contributed by atoms with Crippen molar-refractivity contribution < 1.29 is 18.9 Å². The summed E-state index contributed by atoms with van der Waals surface area (Å²) in [5.74, 6) is 0. The lowest BCUT2D eigenvalue weighted by Crippen LogP contribution is -2.49.